The van der Waals surface area contributed by atoms with Gasteiger partial charge in [0.05, 0.1) is 6.61 Å². The molecule has 0 radical (unpaired) electrons. The van der Waals surface area contributed by atoms with Crippen LogP contribution in [-0.4, -0.2) is 24.6 Å². The summed E-state index contributed by atoms with van der Waals surface area (Å²) in [5, 5.41) is 12.2. The van der Waals surface area contributed by atoms with Crippen LogP contribution in [0, 0.1) is 17.1 Å². The Morgan fingerprint density at radius 3 is 2.59 bits per heavy atom. The quantitative estimate of drug-likeness (QED) is 0.454. The first-order valence-corrected chi connectivity index (χ1v) is 11.0. The Labute approximate surface area is 189 Å². The van der Waals surface area contributed by atoms with Gasteiger partial charge in [-0.05, 0) is 88.1 Å². The van der Waals surface area contributed by atoms with E-state index in [4.69, 9.17) is 4.74 Å². The Hall–Kier alpha value is -3.33. The first-order chi connectivity index (χ1) is 15.2. The molecule has 1 atom stereocenters. The lowest BCUT2D eigenvalue weighted by Gasteiger charge is -2.47. The van der Waals surface area contributed by atoms with Crippen LogP contribution in [0.4, 0.5) is 15.8 Å². The number of nitrogens with zero attached hydrogens (tertiary/aromatic N) is 2. The minimum Gasteiger partial charge on any atom is -0.494 e. The Morgan fingerprint density at radius 2 is 2.00 bits per heavy atom. The molecule has 0 saturated carbocycles. The minimum atomic E-state index is -0.585. The third kappa shape index (κ3) is 4.77. The van der Waals surface area contributed by atoms with Crippen molar-refractivity contribution in [2.24, 2.45) is 0 Å². The number of anilines is 2. The van der Waals surface area contributed by atoms with Crippen molar-refractivity contribution < 1.29 is 13.9 Å². The first-order valence-electron chi connectivity index (χ1n) is 11.0. The second kappa shape index (κ2) is 9.44. The largest absolute Gasteiger partial charge is 0.494 e. The van der Waals surface area contributed by atoms with Gasteiger partial charge in [0.25, 0.3) is 5.91 Å². The number of amides is 1. The number of rotatable bonds is 6. The molecule has 2 aromatic carbocycles. The second-order valence-electron chi connectivity index (χ2n) is 8.68. The van der Waals surface area contributed by atoms with E-state index in [2.05, 4.69) is 37.9 Å². The highest BCUT2D eigenvalue weighted by molar-refractivity contribution is 6.09. The maximum atomic E-state index is 15.0. The minimum absolute atomic E-state index is 0.0691. The Balaban J connectivity index is 1.90. The molecule has 0 bridgehead atoms. The molecule has 1 aliphatic rings. The lowest BCUT2D eigenvalue weighted by atomic mass is 9.79. The maximum Gasteiger partial charge on any atom is 0.266 e. The molecule has 5 nitrogen and oxygen atoms in total. The average Bonchev–Trinajstić information content (AvgIpc) is 2.73. The summed E-state index contributed by atoms with van der Waals surface area (Å²) in [6, 6.07) is 12.1. The number of carbonyl (C=O) groups excluding carboxylic acids is 1. The van der Waals surface area contributed by atoms with E-state index >= 15 is 4.39 Å². The zero-order valence-electron chi connectivity index (χ0n) is 19.3. The van der Waals surface area contributed by atoms with Crippen LogP contribution in [0.15, 0.2) is 42.0 Å². The van der Waals surface area contributed by atoms with Gasteiger partial charge in [-0.15, -0.1) is 0 Å². The van der Waals surface area contributed by atoms with Crippen molar-refractivity contribution in [3.8, 4) is 11.8 Å². The van der Waals surface area contributed by atoms with E-state index in [-0.39, 0.29) is 22.6 Å². The number of nitriles is 1. The number of ether oxygens (including phenoxy) is 1. The topological polar surface area (TPSA) is 65.4 Å². The molecular formula is C26H30FN3O2. The lowest BCUT2D eigenvalue weighted by Crippen LogP contribution is -2.48. The number of benzene rings is 2. The fraction of sp³-hybridized carbons (Fsp3) is 0.385. The molecule has 0 fully saturated rings. The Kier molecular flexibility index (Phi) is 6.88. The fourth-order valence-corrected chi connectivity index (χ4v) is 4.53. The summed E-state index contributed by atoms with van der Waals surface area (Å²) in [4.78, 5) is 14.9. The standard InChI is InChI=1S/C26H30FN3O2/c1-6-30-24-14-23(27)18(13-22(24)17(3)15-26(30,4)5)12-19(16-28)25(31)29-20-8-10-21(11-9-20)32-7-2/h8-14,17H,6-7,15H2,1-5H3,(H,29,31)/b19-12+. The molecule has 32 heavy (non-hydrogen) atoms. The van der Waals surface area contributed by atoms with Gasteiger partial charge in [0.2, 0.25) is 0 Å². The lowest BCUT2D eigenvalue weighted by molar-refractivity contribution is -0.112. The van der Waals surface area contributed by atoms with E-state index in [1.54, 1.807) is 30.3 Å². The van der Waals surface area contributed by atoms with Crippen LogP contribution in [0.3, 0.4) is 0 Å². The highest BCUT2D eigenvalue weighted by Gasteiger charge is 2.36. The number of hydrogen-bond acceptors (Lipinski definition) is 4. The van der Waals surface area contributed by atoms with Gasteiger partial charge in [0.1, 0.15) is 23.2 Å². The van der Waals surface area contributed by atoms with Crippen LogP contribution in [0.1, 0.15) is 58.1 Å². The number of carbonyl (C=O) groups is 1. The van der Waals surface area contributed by atoms with Crippen LogP contribution in [0.5, 0.6) is 5.75 Å². The van der Waals surface area contributed by atoms with E-state index in [0.29, 0.717) is 18.0 Å². The summed E-state index contributed by atoms with van der Waals surface area (Å²) < 4.78 is 20.4. The molecule has 0 saturated heterocycles. The van der Waals surface area contributed by atoms with Crippen LogP contribution >= 0.6 is 0 Å². The third-order valence-corrected chi connectivity index (χ3v) is 5.91. The van der Waals surface area contributed by atoms with Gasteiger partial charge in [0.15, 0.2) is 0 Å². The van der Waals surface area contributed by atoms with Crippen LogP contribution in [0.2, 0.25) is 0 Å². The normalized spacial score (nSPS) is 17.3. The van der Waals surface area contributed by atoms with Gasteiger partial charge < -0.3 is 15.0 Å². The van der Waals surface area contributed by atoms with Crippen molar-refractivity contribution >= 4 is 23.4 Å². The number of halogens is 1. The van der Waals surface area contributed by atoms with Gasteiger partial charge >= 0.3 is 0 Å². The number of nitrogens with one attached hydrogen (secondary N) is 1. The summed E-state index contributed by atoms with van der Waals surface area (Å²) in [5.74, 6) is -0.110. The smallest absolute Gasteiger partial charge is 0.266 e. The predicted molar refractivity (Wildman–Crippen MR) is 126 cm³/mol. The van der Waals surface area contributed by atoms with Crippen LogP contribution < -0.4 is 15.0 Å². The van der Waals surface area contributed by atoms with Crippen LogP contribution in [0.25, 0.3) is 6.08 Å². The summed E-state index contributed by atoms with van der Waals surface area (Å²) in [6.45, 7) is 11.7. The molecule has 0 aliphatic carbocycles. The number of hydrogen-bond donors (Lipinski definition) is 1. The van der Waals surface area contributed by atoms with Crippen molar-refractivity contribution in [1.82, 2.24) is 0 Å². The zero-order chi connectivity index (χ0) is 23.5. The third-order valence-electron chi connectivity index (χ3n) is 5.91. The summed E-state index contributed by atoms with van der Waals surface area (Å²) in [7, 11) is 0. The van der Waals surface area contributed by atoms with E-state index in [1.165, 1.54) is 12.1 Å². The molecule has 6 heteroatoms. The highest BCUT2D eigenvalue weighted by Crippen LogP contribution is 2.44. The van der Waals surface area contributed by atoms with Crippen molar-refractivity contribution in [3.63, 3.8) is 0 Å². The SMILES string of the molecule is CCOc1ccc(NC(=O)/C(C#N)=C/c2cc3c(cc2F)N(CC)C(C)(C)CC3C)cc1. The van der Waals surface area contributed by atoms with Crippen LogP contribution in [-0.2, 0) is 4.79 Å². The van der Waals surface area contributed by atoms with Gasteiger partial charge in [0, 0.05) is 29.0 Å². The van der Waals surface area contributed by atoms with E-state index < -0.39 is 11.7 Å². The molecular weight excluding hydrogens is 405 g/mol. The van der Waals surface area contributed by atoms with E-state index in [0.717, 1.165) is 24.2 Å². The molecule has 2 aromatic rings. The number of fused-ring (bicyclic) bond motifs is 1. The highest BCUT2D eigenvalue weighted by atomic mass is 19.1. The molecule has 1 unspecified atom stereocenters. The molecule has 0 aromatic heterocycles. The Morgan fingerprint density at radius 1 is 1.31 bits per heavy atom. The zero-order valence-corrected chi connectivity index (χ0v) is 19.3. The maximum absolute atomic E-state index is 15.0. The summed E-state index contributed by atoms with van der Waals surface area (Å²) in [5.41, 5.74) is 2.45. The second-order valence-corrected chi connectivity index (χ2v) is 8.68. The van der Waals surface area contributed by atoms with Crippen molar-refractivity contribution in [2.75, 3.05) is 23.4 Å². The van der Waals surface area contributed by atoms with Gasteiger partial charge in [-0.2, -0.15) is 5.26 Å². The molecule has 168 valence electrons. The fourth-order valence-electron chi connectivity index (χ4n) is 4.53. The molecule has 1 heterocycles. The Bertz CT molecular complexity index is 1070. The molecule has 0 spiro atoms. The molecule has 1 N–H and O–H groups in total. The predicted octanol–water partition coefficient (Wildman–Crippen LogP) is 5.88. The van der Waals surface area contributed by atoms with E-state index in [1.807, 2.05) is 13.0 Å². The van der Waals surface area contributed by atoms with Gasteiger partial charge in [-0.25, -0.2) is 4.39 Å². The molecule has 3 rings (SSSR count). The average molecular weight is 436 g/mol. The van der Waals surface area contributed by atoms with Gasteiger partial charge in [-0.3, -0.25) is 4.79 Å². The summed E-state index contributed by atoms with van der Waals surface area (Å²) in [6.07, 6.45) is 2.26. The van der Waals surface area contributed by atoms with Gasteiger partial charge in [-0.1, -0.05) is 6.92 Å². The monoisotopic (exact) mass is 435 g/mol. The van der Waals surface area contributed by atoms with Crippen molar-refractivity contribution in [2.45, 2.75) is 52.5 Å². The first kappa shape index (κ1) is 23.3. The summed E-state index contributed by atoms with van der Waals surface area (Å²) >= 11 is 0. The van der Waals surface area contributed by atoms with Crippen molar-refractivity contribution in [3.05, 3.63) is 58.9 Å². The van der Waals surface area contributed by atoms with Crippen molar-refractivity contribution in [1.29, 1.82) is 5.26 Å². The molecule has 1 amide bonds. The van der Waals surface area contributed by atoms with E-state index in [9.17, 15) is 10.1 Å². The molecule has 1 aliphatic heterocycles.